The maximum absolute atomic E-state index is 11.1. The van der Waals surface area contributed by atoms with E-state index in [-0.39, 0.29) is 12.5 Å². The Morgan fingerprint density at radius 3 is 2.31 bits per heavy atom. The lowest BCUT2D eigenvalue weighted by atomic mass is 9.94. The van der Waals surface area contributed by atoms with E-state index in [4.69, 9.17) is 5.11 Å². The van der Waals surface area contributed by atoms with E-state index in [0.717, 1.165) is 0 Å². The highest BCUT2D eigenvalue weighted by Gasteiger charge is 2.26. The maximum atomic E-state index is 11.1. The van der Waals surface area contributed by atoms with Crippen LogP contribution in [-0.4, -0.2) is 23.2 Å². The van der Waals surface area contributed by atoms with Gasteiger partial charge in [-0.1, -0.05) is 19.8 Å². The lowest BCUT2D eigenvalue weighted by molar-refractivity contribution is -0.118. The van der Waals surface area contributed by atoms with Crippen molar-refractivity contribution in [3.05, 3.63) is 0 Å². The molecule has 0 aromatic carbocycles. The van der Waals surface area contributed by atoms with Crippen molar-refractivity contribution in [3.8, 4) is 11.8 Å². The van der Waals surface area contributed by atoms with E-state index in [0.29, 0.717) is 12.8 Å². The van der Waals surface area contributed by atoms with E-state index >= 15 is 0 Å². The zero-order chi connectivity index (χ0) is 10.3. The molecular weight excluding hydrogens is 166 g/mol. The van der Waals surface area contributed by atoms with Crippen LogP contribution in [0.4, 0.5) is 0 Å². The monoisotopic (exact) mass is 183 g/mol. The van der Waals surface area contributed by atoms with Gasteiger partial charge in [-0.05, 0) is 25.7 Å². The Hall–Kier alpha value is -1.01. The van der Waals surface area contributed by atoms with Gasteiger partial charge in [-0.2, -0.15) is 0 Å². The van der Waals surface area contributed by atoms with Crippen molar-refractivity contribution in [1.82, 2.24) is 5.32 Å². The van der Waals surface area contributed by atoms with Gasteiger partial charge in [0.2, 0.25) is 0 Å². The first-order valence-electron chi connectivity index (χ1n) is 4.50. The molecule has 0 heterocycles. The summed E-state index contributed by atoms with van der Waals surface area (Å²) in [5, 5.41) is 11.8. The van der Waals surface area contributed by atoms with Crippen molar-refractivity contribution >= 4 is 5.91 Å². The number of hydrogen-bond donors (Lipinski definition) is 2. The first-order valence-corrected chi connectivity index (χ1v) is 4.50. The van der Waals surface area contributed by atoms with Crippen molar-refractivity contribution in [3.63, 3.8) is 0 Å². The van der Waals surface area contributed by atoms with Crippen LogP contribution in [0.1, 0.15) is 33.6 Å². The molecule has 0 spiro atoms. The van der Waals surface area contributed by atoms with Crippen molar-refractivity contribution in [2.24, 2.45) is 0 Å². The first kappa shape index (κ1) is 12.0. The molecule has 0 fully saturated rings. The van der Waals surface area contributed by atoms with Gasteiger partial charge in [0.05, 0.1) is 12.1 Å². The lowest BCUT2D eigenvalue weighted by Crippen LogP contribution is -2.50. The van der Waals surface area contributed by atoms with Crippen LogP contribution in [0.2, 0.25) is 0 Å². The SMILES string of the molecule is CC#CC(=O)NC(CC)(CC)CO. The minimum Gasteiger partial charge on any atom is -0.394 e. The van der Waals surface area contributed by atoms with E-state index in [1.54, 1.807) is 6.92 Å². The standard InChI is InChI=1S/C10H17NO2/c1-4-7-9(13)11-10(5-2,6-3)8-12/h12H,5-6,8H2,1-3H3,(H,11,13). The van der Waals surface area contributed by atoms with Gasteiger partial charge < -0.3 is 10.4 Å². The van der Waals surface area contributed by atoms with Gasteiger partial charge in [0.1, 0.15) is 0 Å². The Kier molecular flexibility index (Phi) is 5.17. The van der Waals surface area contributed by atoms with Crippen LogP contribution in [0.15, 0.2) is 0 Å². The van der Waals surface area contributed by atoms with Crippen LogP contribution in [0, 0.1) is 11.8 Å². The molecule has 0 aliphatic carbocycles. The second kappa shape index (κ2) is 5.60. The summed E-state index contributed by atoms with van der Waals surface area (Å²) in [6.45, 7) is 5.42. The number of amides is 1. The molecule has 0 aromatic rings. The number of aliphatic hydroxyl groups is 1. The number of carbonyl (C=O) groups is 1. The molecule has 74 valence electrons. The van der Waals surface area contributed by atoms with E-state index < -0.39 is 5.54 Å². The molecular formula is C10H17NO2. The molecule has 0 atom stereocenters. The highest BCUT2D eigenvalue weighted by molar-refractivity contribution is 5.93. The summed E-state index contributed by atoms with van der Waals surface area (Å²) in [5.74, 6) is 4.59. The average Bonchev–Trinajstić information content (AvgIpc) is 2.15. The molecule has 0 bridgehead atoms. The normalized spacial score (nSPS) is 10.2. The van der Waals surface area contributed by atoms with Crippen molar-refractivity contribution in [1.29, 1.82) is 0 Å². The molecule has 0 aliphatic rings. The van der Waals surface area contributed by atoms with E-state index in [1.165, 1.54) is 0 Å². The van der Waals surface area contributed by atoms with Crippen molar-refractivity contribution < 1.29 is 9.90 Å². The average molecular weight is 183 g/mol. The third-order valence-corrected chi connectivity index (χ3v) is 2.27. The molecule has 3 nitrogen and oxygen atoms in total. The Balaban J connectivity index is 4.38. The van der Waals surface area contributed by atoms with Crippen LogP contribution in [-0.2, 0) is 4.79 Å². The summed E-state index contributed by atoms with van der Waals surface area (Å²) in [6, 6.07) is 0. The zero-order valence-electron chi connectivity index (χ0n) is 8.48. The van der Waals surface area contributed by atoms with Gasteiger partial charge in [-0.3, -0.25) is 4.79 Å². The lowest BCUT2D eigenvalue weighted by Gasteiger charge is -2.29. The molecule has 0 radical (unpaired) electrons. The smallest absolute Gasteiger partial charge is 0.296 e. The van der Waals surface area contributed by atoms with Crippen LogP contribution >= 0.6 is 0 Å². The molecule has 0 rings (SSSR count). The minimum atomic E-state index is -0.499. The highest BCUT2D eigenvalue weighted by Crippen LogP contribution is 2.13. The third-order valence-electron chi connectivity index (χ3n) is 2.27. The maximum Gasteiger partial charge on any atom is 0.296 e. The zero-order valence-corrected chi connectivity index (χ0v) is 8.48. The second-order valence-electron chi connectivity index (χ2n) is 2.97. The largest absolute Gasteiger partial charge is 0.394 e. The summed E-state index contributed by atoms with van der Waals surface area (Å²) in [6.07, 6.45) is 1.41. The third kappa shape index (κ3) is 3.47. The van der Waals surface area contributed by atoms with Gasteiger partial charge >= 0.3 is 0 Å². The number of carbonyl (C=O) groups excluding carboxylic acids is 1. The van der Waals surface area contributed by atoms with Crippen LogP contribution in [0.5, 0.6) is 0 Å². The Labute approximate surface area is 79.5 Å². The van der Waals surface area contributed by atoms with Crippen molar-refractivity contribution in [2.45, 2.75) is 39.2 Å². The number of rotatable bonds is 4. The fourth-order valence-electron chi connectivity index (χ4n) is 1.08. The van der Waals surface area contributed by atoms with Crippen molar-refractivity contribution in [2.75, 3.05) is 6.61 Å². The predicted octanol–water partition coefficient (Wildman–Crippen LogP) is 0.677. The molecule has 0 aromatic heterocycles. The molecule has 0 saturated heterocycles. The van der Waals surface area contributed by atoms with Crippen LogP contribution in [0.25, 0.3) is 0 Å². The molecule has 0 aliphatic heterocycles. The number of hydrogen-bond acceptors (Lipinski definition) is 2. The quantitative estimate of drug-likeness (QED) is 0.630. The number of aliphatic hydroxyl groups excluding tert-OH is 1. The van der Waals surface area contributed by atoms with Crippen LogP contribution < -0.4 is 5.32 Å². The molecule has 0 saturated carbocycles. The Morgan fingerprint density at radius 1 is 1.46 bits per heavy atom. The van der Waals surface area contributed by atoms with Gasteiger partial charge in [0, 0.05) is 0 Å². The van der Waals surface area contributed by atoms with Gasteiger partial charge in [0.25, 0.3) is 5.91 Å². The molecule has 2 N–H and O–H groups in total. The molecule has 13 heavy (non-hydrogen) atoms. The Bertz CT molecular complexity index is 213. The molecule has 1 amide bonds. The van der Waals surface area contributed by atoms with Crippen LogP contribution in [0.3, 0.4) is 0 Å². The molecule has 3 heteroatoms. The van der Waals surface area contributed by atoms with Gasteiger partial charge in [0.15, 0.2) is 0 Å². The fraction of sp³-hybridized carbons (Fsp3) is 0.700. The number of nitrogens with one attached hydrogen (secondary N) is 1. The van der Waals surface area contributed by atoms with Gasteiger partial charge in [-0.15, -0.1) is 0 Å². The topological polar surface area (TPSA) is 49.3 Å². The first-order chi connectivity index (χ1) is 6.14. The van der Waals surface area contributed by atoms with Gasteiger partial charge in [-0.25, -0.2) is 0 Å². The summed E-state index contributed by atoms with van der Waals surface area (Å²) in [5.41, 5.74) is -0.499. The van der Waals surface area contributed by atoms with E-state index in [1.807, 2.05) is 13.8 Å². The molecule has 0 unspecified atom stereocenters. The summed E-state index contributed by atoms with van der Waals surface area (Å²) in [4.78, 5) is 11.1. The summed E-state index contributed by atoms with van der Waals surface area (Å²) >= 11 is 0. The minimum absolute atomic E-state index is 0.0445. The van der Waals surface area contributed by atoms with E-state index in [9.17, 15) is 4.79 Å². The summed E-state index contributed by atoms with van der Waals surface area (Å²) in [7, 11) is 0. The highest BCUT2D eigenvalue weighted by atomic mass is 16.3. The predicted molar refractivity (Wildman–Crippen MR) is 52.0 cm³/mol. The summed E-state index contributed by atoms with van der Waals surface area (Å²) < 4.78 is 0. The fourth-order valence-corrected chi connectivity index (χ4v) is 1.08. The Morgan fingerprint density at radius 2 is 2.00 bits per heavy atom. The second-order valence-corrected chi connectivity index (χ2v) is 2.97. The van der Waals surface area contributed by atoms with E-state index in [2.05, 4.69) is 17.2 Å².